The Kier molecular flexibility index (Phi) is 4.21. The second kappa shape index (κ2) is 5.71. The van der Waals surface area contributed by atoms with Gasteiger partial charge in [-0.3, -0.25) is 4.79 Å². The molecule has 0 aliphatic carbocycles. The van der Waals surface area contributed by atoms with E-state index in [1.54, 1.807) is 12.1 Å². The van der Waals surface area contributed by atoms with Gasteiger partial charge in [0.1, 0.15) is 0 Å². The van der Waals surface area contributed by atoms with Crippen LogP contribution in [0.25, 0.3) is 0 Å². The van der Waals surface area contributed by atoms with Crippen molar-refractivity contribution in [2.75, 3.05) is 18.4 Å². The van der Waals surface area contributed by atoms with Crippen LogP contribution in [0.5, 0.6) is 0 Å². The summed E-state index contributed by atoms with van der Waals surface area (Å²) in [7, 11) is 0. The molecular formula is C13H15BrN2O3. The molecule has 0 unspecified atom stereocenters. The van der Waals surface area contributed by atoms with Crippen molar-refractivity contribution in [2.45, 2.75) is 6.92 Å². The van der Waals surface area contributed by atoms with E-state index < -0.39 is 5.97 Å². The molecule has 6 heteroatoms. The van der Waals surface area contributed by atoms with Crippen molar-refractivity contribution >= 4 is 33.5 Å². The van der Waals surface area contributed by atoms with Gasteiger partial charge in [-0.1, -0.05) is 22.9 Å². The highest BCUT2D eigenvalue weighted by Gasteiger charge is 2.30. The van der Waals surface area contributed by atoms with Gasteiger partial charge < -0.3 is 15.7 Å². The van der Waals surface area contributed by atoms with Crippen LogP contribution in [0.1, 0.15) is 17.3 Å². The van der Waals surface area contributed by atoms with Crippen molar-refractivity contribution < 1.29 is 14.7 Å². The highest BCUT2D eigenvalue weighted by Crippen LogP contribution is 2.23. The van der Waals surface area contributed by atoms with Crippen molar-refractivity contribution in [3.05, 3.63) is 28.2 Å². The third-order valence-electron chi connectivity index (χ3n) is 3.32. The zero-order valence-electron chi connectivity index (χ0n) is 10.4. The molecule has 0 radical (unpaired) electrons. The molecule has 0 saturated carbocycles. The lowest BCUT2D eigenvalue weighted by molar-refractivity contribution is -0.120. The molecule has 2 rings (SSSR count). The third-order valence-corrected chi connectivity index (χ3v) is 3.82. The van der Waals surface area contributed by atoms with Crippen LogP contribution in [-0.2, 0) is 4.79 Å². The number of carbonyl (C=O) groups excluding carboxylic acids is 1. The first-order chi connectivity index (χ1) is 8.99. The molecule has 0 aromatic heterocycles. The van der Waals surface area contributed by atoms with Gasteiger partial charge in [-0.2, -0.15) is 0 Å². The Labute approximate surface area is 119 Å². The van der Waals surface area contributed by atoms with Gasteiger partial charge in [0.15, 0.2) is 0 Å². The maximum atomic E-state index is 12.1. The fourth-order valence-corrected chi connectivity index (χ4v) is 2.55. The second-order valence-corrected chi connectivity index (χ2v) is 5.64. The Morgan fingerprint density at radius 2 is 2.16 bits per heavy atom. The topological polar surface area (TPSA) is 78.4 Å². The van der Waals surface area contributed by atoms with E-state index in [0.29, 0.717) is 16.7 Å². The van der Waals surface area contributed by atoms with Crippen LogP contribution in [0.2, 0.25) is 0 Å². The number of hydrogen-bond donors (Lipinski definition) is 3. The summed E-state index contributed by atoms with van der Waals surface area (Å²) < 4.78 is 0.666. The molecule has 1 amide bonds. The molecule has 102 valence electrons. The average Bonchev–Trinajstić information content (AvgIpc) is 2.77. The normalized spacial score (nSPS) is 22.2. The first-order valence-electron chi connectivity index (χ1n) is 6.03. The third kappa shape index (κ3) is 3.13. The van der Waals surface area contributed by atoms with E-state index in [-0.39, 0.29) is 23.3 Å². The minimum atomic E-state index is -1.06. The number of rotatable bonds is 3. The molecule has 5 nitrogen and oxygen atoms in total. The highest BCUT2D eigenvalue weighted by molar-refractivity contribution is 9.10. The van der Waals surface area contributed by atoms with Gasteiger partial charge in [0.2, 0.25) is 5.91 Å². The van der Waals surface area contributed by atoms with E-state index in [2.05, 4.69) is 26.6 Å². The lowest BCUT2D eigenvalue weighted by Crippen LogP contribution is -2.28. The number of carboxylic acid groups (broad SMARTS) is 1. The Bertz CT molecular complexity index is 519. The number of carbonyl (C=O) groups is 2. The summed E-state index contributed by atoms with van der Waals surface area (Å²) in [6, 6.07) is 4.78. The molecule has 1 aliphatic rings. The minimum Gasteiger partial charge on any atom is -0.478 e. The van der Waals surface area contributed by atoms with Crippen LogP contribution >= 0.6 is 15.9 Å². The number of anilines is 1. The molecule has 1 aromatic carbocycles. The number of nitrogens with one attached hydrogen (secondary N) is 2. The molecule has 1 saturated heterocycles. The number of benzene rings is 1. The van der Waals surface area contributed by atoms with Gasteiger partial charge in [0.05, 0.1) is 17.2 Å². The molecule has 1 fully saturated rings. The summed E-state index contributed by atoms with van der Waals surface area (Å²) in [5.74, 6) is -1.06. The minimum absolute atomic E-state index is 0.0846. The van der Waals surface area contributed by atoms with E-state index in [4.69, 9.17) is 5.11 Å². The van der Waals surface area contributed by atoms with Crippen LogP contribution in [-0.4, -0.2) is 30.1 Å². The van der Waals surface area contributed by atoms with E-state index in [1.165, 1.54) is 6.07 Å². The van der Waals surface area contributed by atoms with E-state index in [9.17, 15) is 9.59 Å². The van der Waals surface area contributed by atoms with Crippen molar-refractivity contribution in [1.29, 1.82) is 0 Å². The zero-order valence-corrected chi connectivity index (χ0v) is 12.0. The van der Waals surface area contributed by atoms with Crippen LogP contribution in [0.3, 0.4) is 0 Å². The second-order valence-electron chi connectivity index (χ2n) is 4.73. The number of aromatic carboxylic acids is 1. The van der Waals surface area contributed by atoms with Gasteiger partial charge in [-0.05, 0) is 30.7 Å². The zero-order chi connectivity index (χ0) is 14.0. The predicted octanol–water partition coefficient (Wildman–Crippen LogP) is 1.94. The number of hydrogen-bond acceptors (Lipinski definition) is 3. The van der Waals surface area contributed by atoms with Gasteiger partial charge in [-0.15, -0.1) is 0 Å². The fraction of sp³-hybridized carbons (Fsp3) is 0.385. The Hall–Kier alpha value is -1.40. The van der Waals surface area contributed by atoms with Gasteiger partial charge in [0, 0.05) is 11.0 Å². The summed E-state index contributed by atoms with van der Waals surface area (Å²) in [6.45, 7) is 3.44. The summed E-state index contributed by atoms with van der Waals surface area (Å²) >= 11 is 3.22. The van der Waals surface area contributed by atoms with E-state index in [1.807, 2.05) is 6.92 Å². The molecule has 19 heavy (non-hydrogen) atoms. The molecule has 1 aromatic rings. The van der Waals surface area contributed by atoms with Gasteiger partial charge in [-0.25, -0.2) is 4.79 Å². The van der Waals surface area contributed by atoms with E-state index in [0.717, 1.165) is 6.54 Å². The quantitative estimate of drug-likeness (QED) is 0.793. The number of amides is 1. The van der Waals surface area contributed by atoms with Crippen molar-refractivity contribution in [3.63, 3.8) is 0 Å². The smallest absolute Gasteiger partial charge is 0.337 e. The monoisotopic (exact) mass is 326 g/mol. The molecule has 1 aliphatic heterocycles. The standard InChI is InChI=1S/C13H15BrN2O3/c1-7-5-15-6-10(7)12(17)16-11-3-2-8(14)4-9(11)13(18)19/h2-4,7,10,15H,5-6H2,1H3,(H,16,17)(H,18,19)/t7-,10-/m1/s1. The highest BCUT2D eigenvalue weighted by atomic mass is 79.9. The molecule has 3 N–H and O–H groups in total. The fourth-order valence-electron chi connectivity index (χ4n) is 2.19. The number of halogens is 1. The van der Waals surface area contributed by atoms with Crippen molar-refractivity contribution in [1.82, 2.24) is 5.32 Å². The summed E-state index contributed by atoms with van der Waals surface area (Å²) in [6.07, 6.45) is 0. The van der Waals surface area contributed by atoms with Gasteiger partial charge >= 0.3 is 5.97 Å². The van der Waals surface area contributed by atoms with Gasteiger partial charge in [0.25, 0.3) is 0 Å². The summed E-state index contributed by atoms with van der Waals surface area (Å²) in [5.41, 5.74) is 0.418. The predicted molar refractivity (Wildman–Crippen MR) is 75.3 cm³/mol. The average molecular weight is 327 g/mol. The Morgan fingerprint density at radius 1 is 1.42 bits per heavy atom. The first kappa shape index (κ1) is 14.0. The van der Waals surface area contributed by atoms with Crippen LogP contribution < -0.4 is 10.6 Å². The summed E-state index contributed by atoms with van der Waals surface area (Å²) in [5, 5.41) is 15.0. The van der Waals surface area contributed by atoms with Crippen LogP contribution in [0.15, 0.2) is 22.7 Å². The number of carboxylic acids is 1. The lowest BCUT2D eigenvalue weighted by Gasteiger charge is -2.15. The maximum absolute atomic E-state index is 12.1. The molecule has 1 heterocycles. The lowest BCUT2D eigenvalue weighted by atomic mass is 9.97. The molecule has 0 bridgehead atoms. The largest absolute Gasteiger partial charge is 0.478 e. The van der Waals surface area contributed by atoms with Crippen molar-refractivity contribution in [2.24, 2.45) is 11.8 Å². The molecular weight excluding hydrogens is 312 g/mol. The molecule has 2 atom stereocenters. The Morgan fingerprint density at radius 3 is 2.74 bits per heavy atom. The molecule has 0 spiro atoms. The maximum Gasteiger partial charge on any atom is 0.337 e. The Balaban J connectivity index is 2.19. The SMILES string of the molecule is C[C@@H]1CNC[C@H]1C(=O)Nc1ccc(Br)cc1C(=O)O. The van der Waals surface area contributed by atoms with Crippen molar-refractivity contribution in [3.8, 4) is 0 Å². The van der Waals surface area contributed by atoms with Crippen LogP contribution in [0.4, 0.5) is 5.69 Å². The van der Waals surface area contributed by atoms with Crippen LogP contribution in [0, 0.1) is 11.8 Å². The first-order valence-corrected chi connectivity index (χ1v) is 6.82. The van der Waals surface area contributed by atoms with E-state index >= 15 is 0 Å². The summed E-state index contributed by atoms with van der Waals surface area (Å²) in [4.78, 5) is 23.3.